The zero-order valence-electron chi connectivity index (χ0n) is 20.8. The number of amides is 2. The summed E-state index contributed by atoms with van der Waals surface area (Å²) < 4.78 is 11.4. The number of thiocarbonyl (C=S) groups is 1. The Kier molecular flexibility index (Phi) is 8.07. The first-order valence-electron chi connectivity index (χ1n) is 12.3. The van der Waals surface area contributed by atoms with Crippen LogP contribution in [0.4, 0.5) is 5.69 Å². The van der Waals surface area contributed by atoms with E-state index in [1.165, 1.54) is 17.7 Å². The number of benzene rings is 3. The molecule has 194 valence electrons. The SMILES string of the molecule is COc1cc(SC2CCCCN2)ccc1C=C1C(=O)NC(=S)N(c2ccc(Oc3ccccc3)cc2)C1=O. The maximum atomic E-state index is 13.5. The fourth-order valence-electron chi connectivity index (χ4n) is 4.30. The number of carbonyl (C=O) groups is 2. The molecule has 0 aromatic heterocycles. The third-order valence-corrected chi connectivity index (χ3v) is 7.72. The summed E-state index contributed by atoms with van der Waals surface area (Å²) in [6.45, 7) is 1.03. The molecule has 5 rings (SSSR count). The van der Waals surface area contributed by atoms with E-state index < -0.39 is 11.8 Å². The number of methoxy groups -OCH3 is 1. The van der Waals surface area contributed by atoms with Crippen LogP contribution < -0.4 is 25.0 Å². The van der Waals surface area contributed by atoms with Crippen molar-refractivity contribution in [3.63, 3.8) is 0 Å². The molecule has 2 saturated heterocycles. The minimum atomic E-state index is -0.549. The van der Waals surface area contributed by atoms with Gasteiger partial charge < -0.3 is 14.8 Å². The number of piperidine rings is 1. The number of hydrogen-bond acceptors (Lipinski definition) is 7. The highest BCUT2D eigenvalue weighted by Crippen LogP contribution is 2.33. The Morgan fingerprint density at radius 1 is 1.00 bits per heavy atom. The lowest BCUT2D eigenvalue weighted by Gasteiger charge is -2.29. The Morgan fingerprint density at radius 2 is 1.76 bits per heavy atom. The number of rotatable bonds is 7. The van der Waals surface area contributed by atoms with Crippen molar-refractivity contribution in [2.24, 2.45) is 0 Å². The first-order valence-corrected chi connectivity index (χ1v) is 13.6. The smallest absolute Gasteiger partial charge is 0.270 e. The van der Waals surface area contributed by atoms with Crippen LogP contribution in [-0.2, 0) is 9.59 Å². The summed E-state index contributed by atoms with van der Waals surface area (Å²) in [6.07, 6.45) is 5.08. The largest absolute Gasteiger partial charge is 0.496 e. The number of ether oxygens (including phenoxy) is 2. The van der Waals surface area contributed by atoms with Gasteiger partial charge in [-0.15, -0.1) is 11.8 Å². The lowest BCUT2D eigenvalue weighted by Crippen LogP contribution is -2.54. The molecule has 2 aliphatic rings. The van der Waals surface area contributed by atoms with Crippen LogP contribution in [0.5, 0.6) is 17.2 Å². The Morgan fingerprint density at radius 3 is 2.47 bits per heavy atom. The van der Waals surface area contributed by atoms with Gasteiger partial charge in [-0.3, -0.25) is 19.8 Å². The lowest BCUT2D eigenvalue weighted by molar-refractivity contribution is -0.122. The van der Waals surface area contributed by atoms with Crippen molar-refractivity contribution in [3.05, 3.63) is 83.9 Å². The van der Waals surface area contributed by atoms with Crippen molar-refractivity contribution in [3.8, 4) is 17.2 Å². The lowest BCUT2D eigenvalue weighted by atomic mass is 10.1. The number of hydrogen-bond donors (Lipinski definition) is 2. The third kappa shape index (κ3) is 5.91. The third-order valence-electron chi connectivity index (χ3n) is 6.22. The highest BCUT2D eigenvalue weighted by atomic mass is 32.2. The molecule has 1 atom stereocenters. The molecule has 2 amide bonds. The van der Waals surface area contributed by atoms with Gasteiger partial charge in [0.25, 0.3) is 11.8 Å². The Bertz CT molecular complexity index is 1370. The van der Waals surface area contributed by atoms with E-state index in [1.807, 2.05) is 48.5 Å². The molecule has 0 aliphatic carbocycles. The molecule has 9 heteroatoms. The summed E-state index contributed by atoms with van der Waals surface area (Å²) in [4.78, 5) is 28.6. The molecule has 3 aromatic carbocycles. The number of nitrogens with zero attached hydrogens (tertiary/aromatic N) is 1. The monoisotopic (exact) mass is 545 g/mol. The average molecular weight is 546 g/mol. The summed E-state index contributed by atoms with van der Waals surface area (Å²) in [6, 6.07) is 22.1. The van der Waals surface area contributed by atoms with Gasteiger partial charge in [-0.2, -0.15) is 0 Å². The van der Waals surface area contributed by atoms with Gasteiger partial charge in [-0.25, -0.2) is 0 Å². The highest BCUT2D eigenvalue weighted by molar-refractivity contribution is 7.99. The van der Waals surface area contributed by atoms with Gasteiger partial charge >= 0.3 is 0 Å². The van der Waals surface area contributed by atoms with Crippen LogP contribution in [0.15, 0.2) is 83.3 Å². The number of nitrogens with one attached hydrogen (secondary N) is 2. The molecule has 2 fully saturated rings. The van der Waals surface area contributed by atoms with Crippen LogP contribution in [-0.4, -0.2) is 36.0 Å². The van der Waals surface area contributed by atoms with E-state index in [2.05, 4.69) is 10.6 Å². The molecule has 1 unspecified atom stereocenters. The number of para-hydroxylation sites is 1. The van der Waals surface area contributed by atoms with Crippen molar-refractivity contribution >= 4 is 52.7 Å². The molecule has 0 saturated carbocycles. The molecule has 38 heavy (non-hydrogen) atoms. The topological polar surface area (TPSA) is 79.9 Å². The first kappa shape index (κ1) is 26.0. The van der Waals surface area contributed by atoms with E-state index in [4.69, 9.17) is 21.7 Å². The number of carbonyl (C=O) groups excluding carboxylic acids is 2. The second-order valence-electron chi connectivity index (χ2n) is 8.83. The van der Waals surface area contributed by atoms with Gasteiger partial charge in [0.2, 0.25) is 0 Å². The first-order chi connectivity index (χ1) is 18.5. The van der Waals surface area contributed by atoms with E-state index >= 15 is 0 Å². The van der Waals surface area contributed by atoms with Crippen molar-refractivity contribution in [2.45, 2.75) is 29.5 Å². The summed E-state index contributed by atoms with van der Waals surface area (Å²) in [5.41, 5.74) is 1.12. The Balaban J connectivity index is 1.36. The normalized spacial score (nSPS) is 18.9. The number of thioether (sulfide) groups is 1. The fourth-order valence-corrected chi connectivity index (χ4v) is 5.72. The summed E-state index contributed by atoms with van der Waals surface area (Å²) in [5.74, 6) is 0.840. The number of anilines is 1. The molecule has 7 nitrogen and oxygen atoms in total. The Hall–Kier alpha value is -3.66. The van der Waals surface area contributed by atoms with Gasteiger partial charge in [0.05, 0.1) is 18.2 Å². The molecule has 2 N–H and O–H groups in total. The molecule has 2 heterocycles. The molecule has 2 aliphatic heterocycles. The predicted molar refractivity (Wildman–Crippen MR) is 154 cm³/mol. The zero-order chi connectivity index (χ0) is 26.5. The second-order valence-corrected chi connectivity index (χ2v) is 10.5. The highest BCUT2D eigenvalue weighted by Gasteiger charge is 2.34. The van der Waals surface area contributed by atoms with E-state index in [0.717, 1.165) is 17.9 Å². The standard InChI is InChI=1S/C29H27N3O4S2/c1-35-25-18-23(38-26-9-5-6-16-30-26)15-10-19(25)17-24-27(33)31-29(37)32(28(24)34)20-11-13-22(14-12-20)36-21-7-3-2-4-8-21/h2-4,7-8,10-15,17-18,26,30H,5-6,9,16H2,1H3,(H,31,33,37). The van der Waals surface area contributed by atoms with E-state index in [1.54, 1.807) is 49.2 Å². The van der Waals surface area contributed by atoms with Gasteiger partial charge in [-0.05, 0) is 92.6 Å². The van der Waals surface area contributed by atoms with Crippen LogP contribution in [0.2, 0.25) is 0 Å². The van der Waals surface area contributed by atoms with Crippen LogP contribution in [0, 0.1) is 0 Å². The maximum Gasteiger partial charge on any atom is 0.270 e. The molecule has 0 radical (unpaired) electrons. The average Bonchev–Trinajstić information content (AvgIpc) is 2.93. The summed E-state index contributed by atoms with van der Waals surface area (Å²) >= 11 is 7.10. The van der Waals surface area contributed by atoms with Gasteiger partial charge in [0, 0.05) is 10.5 Å². The quantitative estimate of drug-likeness (QED) is 0.230. The molecule has 0 bridgehead atoms. The molecule has 3 aromatic rings. The van der Waals surface area contributed by atoms with Crippen molar-refractivity contribution in [1.82, 2.24) is 10.6 Å². The summed E-state index contributed by atoms with van der Waals surface area (Å²) in [5, 5.41) is 6.54. The van der Waals surface area contributed by atoms with E-state index in [0.29, 0.717) is 33.9 Å². The zero-order valence-corrected chi connectivity index (χ0v) is 22.4. The second kappa shape index (κ2) is 11.8. The van der Waals surface area contributed by atoms with Crippen LogP contribution in [0.25, 0.3) is 6.08 Å². The van der Waals surface area contributed by atoms with Gasteiger partial charge in [0.1, 0.15) is 22.8 Å². The minimum absolute atomic E-state index is 0.0209. The van der Waals surface area contributed by atoms with Crippen LogP contribution in [0.1, 0.15) is 24.8 Å². The van der Waals surface area contributed by atoms with Crippen molar-refractivity contribution in [1.29, 1.82) is 0 Å². The molecule has 0 spiro atoms. The van der Waals surface area contributed by atoms with E-state index in [-0.39, 0.29) is 10.7 Å². The van der Waals surface area contributed by atoms with Crippen LogP contribution >= 0.6 is 24.0 Å². The van der Waals surface area contributed by atoms with Crippen molar-refractivity contribution < 1.29 is 19.1 Å². The minimum Gasteiger partial charge on any atom is -0.496 e. The predicted octanol–water partition coefficient (Wildman–Crippen LogP) is 5.51. The van der Waals surface area contributed by atoms with Gasteiger partial charge in [-0.1, -0.05) is 24.3 Å². The maximum absolute atomic E-state index is 13.5. The van der Waals surface area contributed by atoms with Crippen LogP contribution in [0.3, 0.4) is 0 Å². The van der Waals surface area contributed by atoms with Gasteiger partial charge in [0.15, 0.2) is 5.11 Å². The summed E-state index contributed by atoms with van der Waals surface area (Å²) in [7, 11) is 1.58. The molecular weight excluding hydrogens is 518 g/mol. The van der Waals surface area contributed by atoms with E-state index in [9.17, 15) is 9.59 Å². The van der Waals surface area contributed by atoms with Crippen molar-refractivity contribution in [2.75, 3.05) is 18.6 Å². The molecular formula is C29H27N3O4S2. The fraction of sp³-hybridized carbons (Fsp3) is 0.207. The Labute approximate surface area is 231 Å².